The Balaban J connectivity index is 5.16. The molecule has 0 fully saturated rings. The monoisotopic (exact) mass is 1280 g/mol. The lowest BCUT2D eigenvalue weighted by Crippen LogP contribution is -2.30. The van der Waals surface area contributed by atoms with Crippen molar-refractivity contribution < 1.29 is 80.2 Å². The number of rotatable bonds is 67. The van der Waals surface area contributed by atoms with Gasteiger partial charge in [0.1, 0.15) is 19.3 Å². The largest absolute Gasteiger partial charge is 0.472 e. The number of aliphatic hydroxyl groups excluding tert-OH is 1. The van der Waals surface area contributed by atoms with Crippen LogP contribution >= 0.6 is 15.6 Å². The van der Waals surface area contributed by atoms with E-state index in [0.29, 0.717) is 31.6 Å². The van der Waals surface area contributed by atoms with E-state index in [2.05, 4.69) is 41.5 Å². The maximum Gasteiger partial charge on any atom is 0.472 e. The summed E-state index contributed by atoms with van der Waals surface area (Å²) in [5, 5.41) is 10.5. The minimum atomic E-state index is -4.95. The molecule has 0 aliphatic rings. The van der Waals surface area contributed by atoms with Gasteiger partial charge in [0.2, 0.25) is 0 Å². The number of hydrogen-bond acceptors (Lipinski definition) is 15. The van der Waals surface area contributed by atoms with Crippen molar-refractivity contribution in [1.29, 1.82) is 0 Å². The van der Waals surface area contributed by atoms with Crippen LogP contribution in [0.2, 0.25) is 0 Å². The smallest absolute Gasteiger partial charge is 0.462 e. The molecule has 0 aromatic heterocycles. The third-order valence-electron chi connectivity index (χ3n) is 15.7. The van der Waals surface area contributed by atoms with E-state index in [-0.39, 0.29) is 25.7 Å². The number of unbranched alkanes of at least 4 members (excludes halogenated alkanes) is 37. The van der Waals surface area contributed by atoms with Crippen LogP contribution < -0.4 is 0 Å². The third-order valence-corrected chi connectivity index (χ3v) is 17.6. The Labute approximate surface area is 530 Å². The first-order valence-electron chi connectivity index (χ1n) is 35.5. The summed E-state index contributed by atoms with van der Waals surface area (Å²) in [7, 11) is -9.89. The summed E-state index contributed by atoms with van der Waals surface area (Å²) < 4.78 is 68.1. The van der Waals surface area contributed by atoms with E-state index in [0.717, 1.165) is 109 Å². The maximum atomic E-state index is 13.0. The third kappa shape index (κ3) is 62.6. The van der Waals surface area contributed by atoms with Gasteiger partial charge in [0.25, 0.3) is 0 Å². The zero-order chi connectivity index (χ0) is 64.3. The average Bonchev–Trinajstić information content (AvgIpc) is 3.62. The second kappa shape index (κ2) is 60.3. The molecule has 0 bridgehead atoms. The molecule has 3 N–H and O–H groups in total. The summed E-state index contributed by atoms with van der Waals surface area (Å²) in [6.45, 7) is 9.47. The van der Waals surface area contributed by atoms with Gasteiger partial charge in [-0.15, -0.1) is 0 Å². The van der Waals surface area contributed by atoms with E-state index in [1.54, 1.807) is 0 Å². The van der Waals surface area contributed by atoms with Crippen molar-refractivity contribution in [1.82, 2.24) is 0 Å². The van der Waals surface area contributed by atoms with Crippen molar-refractivity contribution in [3.05, 3.63) is 0 Å². The first kappa shape index (κ1) is 85.1. The number of hydrogen-bond donors (Lipinski definition) is 3. The Morgan fingerprint density at radius 1 is 0.310 bits per heavy atom. The summed E-state index contributed by atoms with van der Waals surface area (Å²) in [5.74, 6) is -0.617. The quantitative estimate of drug-likeness (QED) is 0.0222. The molecular formula is C68H132O17P2. The molecule has 0 aliphatic carbocycles. The van der Waals surface area contributed by atoms with Gasteiger partial charge in [0, 0.05) is 25.7 Å². The van der Waals surface area contributed by atoms with E-state index in [4.69, 9.17) is 37.0 Å². The Bertz CT molecular complexity index is 1700. The van der Waals surface area contributed by atoms with Crippen molar-refractivity contribution in [3.63, 3.8) is 0 Å². The minimum Gasteiger partial charge on any atom is -0.462 e. The van der Waals surface area contributed by atoms with Crippen LogP contribution in [0.5, 0.6) is 0 Å². The normalized spacial score (nSPS) is 14.2. The lowest BCUT2D eigenvalue weighted by molar-refractivity contribution is -0.161. The fourth-order valence-corrected chi connectivity index (χ4v) is 11.8. The Morgan fingerprint density at radius 3 is 0.782 bits per heavy atom. The van der Waals surface area contributed by atoms with E-state index in [9.17, 15) is 43.2 Å². The lowest BCUT2D eigenvalue weighted by Gasteiger charge is -2.21. The number of esters is 4. The second-order valence-corrected chi connectivity index (χ2v) is 28.4. The molecule has 17 nitrogen and oxygen atoms in total. The number of carbonyl (C=O) groups is 4. The highest BCUT2D eigenvalue weighted by atomic mass is 31.2. The number of carbonyl (C=O) groups excluding carboxylic acids is 4. The van der Waals surface area contributed by atoms with Crippen molar-refractivity contribution in [2.75, 3.05) is 39.6 Å². The molecule has 5 atom stereocenters. The number of phosphoric acid groups is 2. The summed E-state index contributed by atoms with van der Waals surface area (Å²) in [6, 6.07) is 0. The summed E-state index contributed by atoms with van der Waals surface area (Å²) in [4.78, 5) is 72.3. The van der Waals surface area contributed by atoms with Crippen molar-refractivity contribution in [3.8, 4) is 0 Å². The average molecular weight is 1280 g/mol. The highest BCUT2D eigenvalue weighted by Gasteiger charge is 2.30. The molecule has 516 valence electrons. The molecule has 0 aromatic rings. The molecule has 0 spiro atoms. The summed E-state index contributed by atoms with van der Waals surface area (Å²) in [5.41, 5.74) is 0. The summed E-state index contributed by atoms with van der Waals surface area (Å²) in [6.07, 6.45) is 44.6. The van der Waals surface area contributed by atoms with Crippen LogP contribution in [-0.2, 0) is 65.4 Å². The zero-order valence-electron chi connectivity index (χ0n) is 56.3. The van der Waals surface area contributed by atoms with Crippen LogP contribution in [0.3, 0.4) is 0 Å². The number of aliphatic hydroxyl groups is 1. The predicted molar refractivity (Wildman–Crippen MR) is 349 cm³/mol. The second-order valence-electron chi connectivity index (χ2n) is 25.5. The topological polar surface area (TPSA) is 237 Å². The molecule has 0 aliphatic heterocycles. The van der Waals surface area contributed by atoms with Gasteiger partial charge in [-0.25, -0.2) is 9.13 Å². The minimum absolute atomic E-state index is 0.106. The van der Waals surface area contributed by atoms with Gasteiger partial charge in [-0.1, -0.05) is 292 Å². The standard InChI is InChI=1S/C68H132O17P2/c1-7-9-11-13-15-17-27-33-40-46-52-67(72)84-63(56-78-65(70)50-44-38-32-16-14-12-10-8-2)58-82-86(74,75)80-54-62(69)55-81-87(76,77)83-59-64(57-79-66(71)51-45-39-35-29-31-37-43-49-61(5)6)85-68(73)53-47-41-34-28-25-23-21-19-18-20-22-24-26-30-36-42-48-60(3)4/h60-64,69H,7-59H2,1-6H3,(H,74,75)(H,76,77)/t62-,63+,64+/m0/s1. The van der Waals surface area contributed by atoms with Gasteiger partial charge < -0.3 is 33.8 Å². The zero-order valence-corrected chi connectivity index (χ0v) is 58.1. The Kier molecular flexibility index (Phi) is 59.0. The molecule has 0 aromatic carbocycles. The fraction of sp³-hybridized carbons (Fsp3) is 0.941. The molecule has 0 saturated heterocycles. The van der Waals surface area contributed by atoms with Crippen LogP contribution in [0.15, 0.2) is 0 Å². The Hall–Kier alpha value is -1.94. The number of ether oxygens (including phenoxy) is 4. The van der Waals surface area contributed by atoms with Crippen LogP contribution in [0.1, 0.15) is 343 Å². The maximum absolute atomic E-state index is 13.0. The molecule has 19 heteroatoms. The first-order valence-corrected chi connectivity index (χ1v) is 38.5. The van der Waals surface area contributed by atoms with Crippen LogP contribution in [0.25, 0.3) is 0 Å². The van der Waals surface area contributed by atoms with Gasteiger partial charge >= 0.3 is 39.5 Å². The van der Waals surface area contributed by atoms with E-state index >= 15 is 0 Å². The van der Waals surface area contributed by atoms with E-state index < -0.39 is 97.5 Å². The highest BCUT2D eigenvalue weighted by molar-refractivity contribution is 7.47. The molecule has 0 saturated carbocycles. The lowest BCUT2D eigenvalue weighted by atomic mass is 10.0. The van der Waals surface area contributed by atoms with Crippen molar-refractivity contribution >= 4 is 39.5 Å². The molecule has 0 heterocycles. The van der Waals surface area contributed by atoms with Gasteiger partial charge in [-0.3, -0.25) is 37.3 Å². The molecule has 87 heavy (non-hydrogen) atoms. The molecule has 0 amide bonds. The molecule has 2 unspecified atom stereocenters. The van der Waals surface area contributed by atoms with Gasteiger partial charge in [-0.05, 0) is 37.5 Å². The van der Waals surface area contributed by atoms with Crippen molar-refractivity contribution in [2.24, 2.45) is 11.8 Å². The van der Waals surface area contributed by atoms with Crippen molar-refractivity contribution in [2.45, 2.75) is 362 Å². The SMILES string of the molecule is CCCCCCCCCCCCC(=O)O[C@H](COC(=O)CCCCCCCCCC)COP(=O)(O)OC[C@H](O)COP(=O)(O)OC[C@@H](COC(=O)CCCCCCCCCC(C)C)OC(=O)CCCCCCCCCCCCCCCCCCC(C)C. The summed E-state index contributed by atoms with van der Waals surface area (Å²) >= 11 is 0. The molecule has 0 rings (SSSR count). The predicted octanol–water partition coefficient (Wildman–Crippen LogP) is 19.2. The molecular weight excluding hydrogens is 1150 g/mol. The van der Waals surface area contributed by atoms with Crippen LogP contribution in [0.4, 0.5) is 0 Å². The fourth-order valence-electron chi connectivity index (χ4n) is 10.2. The Morgan fingerprint density at radius 2 is 0.529 bits per heavy atom. The first-order chi connectivity index (χ1) is 41.9. The van der Waals surface area contributed by atoms with Gasteiger partial charge in [0.05, 0.1) is 26.4 Å². The highest BCUT2D eigenvalue weighted by Crippen LogP contribution is 2.45. The molecule has 0 radical (unpaired) electrons. The van der Waals surface area contributed by atoms with E-state index in [1.807, 2.05) is 0 Å². The van der Waals surface area contributed by atoms with Gasteiger partial charge in [-0.2, -0.15) is 0 Å². The van der Waals surface area contributed by atoms with Crippen LogP contribution in [0, 0.1) is 11.8 Å². The number of phosphoric ester groups is 2. The van der Waals surface area contributed by atoms with E-state index in [1.165, 1.54) is 148 Å². The van der Waals surface area contributed by atoms with Gasteiger partial charge in [0.15, 0.2) is 12.2 Å². The van der Waals surface area contributed by atoms with Crippen LogP contribution in [-0.4, -0.2) is 96.7 Å².